The summed E-state index contributed by atoms with van der Waals surface area (Å²) >= 11 is 0. The van der Waals surface area contributed by atoms with Gasteiger partial charge in [0, 0.05) is 48.5 Å². The maximum absolute atomic E-state index is 13.6. The van der Waals surface area contributed by atoms with E-state index in [-0.39, 0.29) is 22.9 Å². The van der Waals surface area contributed by atoms with Crippen LogP contribution in [0.15, 0.2) is 63.9 Å². The number of pyridine rings is 1. The SMILES string of the molecule is CCn1c(-c2ccc(-c3c(C)on(C)c3=O)cc2OC(F)F)cc2cc(C)nc(C(=O)Nc3cccc(C(=O)NC)c3)c21. The minimum Gasteiger partial charge on any atom is -0.434 e. The number of alkyl halides is 2. The third-order valence-corrected chi connectivity index (χ3v) is 7.03. The van der Waals surface area contributed by atoms with Crippen LogP contribution in [0.3, 0.4) is 0 Å². The van der Waals surface area contributed by atoms with Gasteiger partial charge in [-0.15, -0.1) is 0 Å². The van der Waals surface area contributed by atoms with E-state index in [1.54, 1.807) is 66.9 Å². The summed E-state index contributed by atoms with van der Waals surface area (Å²) < 4.78 is 40.4. The van der Waals surface area contributed by atoms with Crippen molar-refractivity contribution in [1.29, 1.82) is 0 Å². The van der Waals surface area contributed by atoms with Gasteiger partial charge in [-0.2, -0.15) is 13.5 Å². The summed E-state index contributed by atoms with van der Waals surface area (Å²) in [6.45, 7) is 2.46. The second-order valence-corrected chi connectivity index (χ2v) is 9.85. The van der Waals surface area contributed by atoms with Crippen molar-refractivity contribution < 1.29 is 27.6 Å². The summed E-state index contributed by atoms with van der Waals surface area (Å²) in [5.41, 5.74) is 3.01. The first-order valence-electron chi connectivity index (χ1n) is 13.4. The highest BCUT2D eigenvalue weighted by molar-refractivity contribution is 6.12. The quantitative estimate of drug-likeness (QED) is 0.246. The Morgan fingerprint density at radius 2 is 1.84 bits per heavy atom. The predicted octanol–water partition coefficient (Wildman–Crippen LogP) is 5.51. The lowest BCUT2D eigenvalue weighted by Crippen LogP contribution is -2.19. The lowest BCUT2D eigenvalue weighted by molar-refractivity contribution is -0.0494. The summed E-state index contributed by atoms with van der Waals surface area (Å²) in [5.74, 6) is -0.612. The third kappa shape index (κ3) is 5.51. The predicted molar refractivity (Wildman–Crippen MR) is 158 cm³/mol. The summed E-state index contributed by atoms with van der Waals surface area (Å²) in [6.07, 6.45) is 0. The van der Waals surface area contributed by atoms with Crippen LogP contribution >= 0.6 is 0 Å². The molecular weight excluding hydrogens is 560 g/mol. The molecule has 0 aliphatic heterocycles. The molecular formula is C31H29F2N5O5. The number of nitrogens with one attached hydrogen (secondary N) is 2. The molecule has 0 spiro atoms. The van der Waals surface area contributed by atoms with E-state index in [0.717, 1.165) is 4.74 Å². The molecule has 10 nitrogen and oxygen atoms in total. The van der Waals surface area contributed by atoms with Gasteiger partial charge in [-0.05, 0) is 68.8 Å². The number of fused-ring (bicyclic) bond motifs is 1. The molecule has 0 unspecified atom stereocenters. The Morgan fingerprint density at radius 3 is 2.49 bits per heavy atom. The van der Waals surface area contributed by atoms with Gasteiger partial charge in [0.1, 0.15) is 11.5 Å². The van der Waals surface area contributed by atoms with Gasteiger partial charge in [0.15, 0.2) is 5.69 Å². The molecule has 0 aliphatic carbocycles. The zero-order chi connectivity index (χ0) is 31.0. The van der Waals surface area contributed by atoms with E-state index in [4.69, 9.17) is 9.26 Å². The average Bonchev–Trinajstić information content (AvgIpc) is 3.46. The van der Waals surface area contributed by atoms with Gasteiger partial charge in [0.25, 0.3) is 17.4 Å². The van der Waals surface area contributed by atoms with Crippen molar-refractivity contribution in [2.75, 3.05) is 12.4 Å². The van der Waals surface area contributed by atoms with Crippen LogP contribution in [0.5, 0.6) is 5.75 Å². The van der Waals surface area contributed by atoms with Gasteiger partial charge in [0.05, 0.1) is 16.8 Å². The number of amides is 2. The molecule has 0 atom stereocenters. The fourth-order valence-electron chi connectivity index (χ4n) is 5.22. The Kier molecular flexibility index (Phi) is 7.85. The van der Waals surface area contributed by atoms with Gasteiger partial charge in [0.2, 0.25) is 0 Å². The van der Waals surface area contributed by atoms with Crippen molar-refractivity contribution in [1.82, 2.24) is 19.6 Å². The first-order chi connectivity index (χ1) is 20.5. The molecule has 2 aromatic carbocycles. The van der Waals surface area contributed by atoms with Crippen molar-refractivity contribution in [2.24, 2.45) is 7.05 Å². The normalized spacial score (nSPS) is 11.3. The first-order valence-corrected chi connectivity index (χ1v) is 13.4. The van der Waals surface area contributed by atoms with Gasteiger partial charge in [-0.25, -0.2) is 4.98 Å². The number of halogens is 2. The minimum atomic E-state index is -3.13. The molecule has 5 rings (SSSR count). The maximum atomic E-state index is 13.6. The molecule has 0 radical (unpaired) electrons. The number of aryl methyl sites for hydroxylation is 4. The van der Waals surface area contributed by atoms with Gasteiger partial charge in [-0.3, -0.25) is 14.4 Å². The largest absolute Gasteiger partial charge is 0.434 e. The van der Waals surface area contributed by atoms with Crippen molar-refractivity contribution >= 4 is 28.4 Å². The van der Waals surface area contributed by atoms with Crippen LogP contribution in [0.4, 0.5) is 14.5 Å². The summed E-state index contributed by atoms with van der Waals surface area (Å²) in [5, 5.41) is 6.03. The van der Waals surface area contributed by atoms with E-state index < -0.39 is 18.1 Å². The molecule has 0 fully saturated rings. The smallest absolute Gasteiger partial charge is 0.387 e. The highest BCUT2D eigenvalue weighted by atomic mass is 19.3. The lowest BCUT2D eigenvalue weighted by Gasteiger charge is -2.15. The standard InChI is InChI=1S/C31H29F2N5O5/c1-6-38-23(22-11-10-18(15-24(22)42-31(32)33)25-17(3)43-37(5)30(25)41)14-20-12-16(2)35-26(27(20)38)29(40)36-21-9-7-8-19(13-21)28(39)34-4/h7-15,31H,6H2,1-5H3,(H,34,39)(H,36,40). The number of aromatic nitrogens is 3. The molecule has 12 heteroatoms. The molecule has 3 heterocycles. The number of carbonyl (C=O) groups is 2. The Bertz CT molecular complexity index is 1940. The lowest BCUT2D eigenvalue weighted by atomic mass is 10.0. The van der Waals surface area contributed by atoms with Crippen LogP contribution < -0.4 is 20.9 Å². The summed E-state index contributed by atoms with van der Waals surface area (Å²) in [6, 6.07) is 14.7. The van der Waals surface area contributed by atoms with Gasteiger partial charge >= 0.3 is 6.61 Å². The summed E-state index contributed by atoms with van der Waals surface area (Å²) in [7, 11) is 2.98. The average molecular weight is 590 g/mol. The minimum absolute atomic E-state index is 0.124. The van der Waals surface area contributed by atoms with Crippen molar-refractivity contribution in [3.05, 3.63) is 87.7 Å². The first kappa shape index (κ1) is 29.2. The fourth-order valence-corrected chi connectivity index (χ4v) is 5.22. The van der Waals surface area contributed by atoms with Crippen molar-refractivity contribution in [3.63, 3.8) is 0 Å². The van der Waals surface area contributed by atoms with Crippen LogP contribution in [0.2, 0.25) is 0 Å². The highest BCUT2D eigenvalue weighted by Crippen LogP contribution is 2.39. The zero-order valence-corrected chi connectivity index (χ0v) is 24.1. The van der Waals surface area contributed by atoms with E-state index in [1.165, 1.54) is 20.2 Å². The van der Waals surface area contributed by atoms with E-state index in [0.29, 0.717) is 57.0 Å². The summed E-state index contributed by atoms with van der Waals surface area (Å²) in [4.78, 5) is 42.8. The molecule has 222 valence electrons. The second kappa shape index (κ2) is 11.6. The molecule has 0 aliphatic rings. The Balaban J connectivity index is 1.64. The van der Waals surface area contributed by atoms with E-state index in [1.807, 2.05) is 6.92 Å². The number of rotatable bonds is 8. The molecule has 43 heavy (non-hydrogen) atoms. The number of hydrogen-bond acceptors (Lipinski definition) is 6. The van der Waals surface area contributed by atoms with Gasteiger partial charge < -0.3 is 24.5 Å². The molecule has 0 saturated heterocycles. The molecule has 2 N–H and O–H groups in total. The number of nitrogens with zero attached hydrogens (tertiary/aromatic N) is 3. The van der Waals surface area contributed by atoms with E-state index in [9.17, 15) is 23.2 Å². The van der Waals surface area contributed by atoms with Gasteiger partial charge in [-0.1, -0.05) is 12.1 Å². The zero-order valence-electron chi connectivity index (χ0n) is 24.1. The number of ether oxygens (including phenoxy) is 1. The molecule has 0 bridgehead atoms. The number of anilines is 1. The highest BCUT2D eigenvalue weighted by Gasteiger charge is 2.24. The number of hydrogen-bond donors (Lipinski definition) is 2. The molecule has 5 aromatic rings. The topological polar surface area (TPSA) is 120 Å². The molecule has 3 aromatic heterocycles. The molecule has 0 saturated carbocycles. The van der Waals surface area contributed by atoms with Crippen LogP contribution in [-0.2, 0) is 13.6 Å². The Morgan fingerprint density at radius 1 is 1.07 bits per heavy atom. The van der Waals surface area contributed by atoms with Crippen LogP contribution in [-0.4, -0.2) is 39.8 Å². The second-order valence-electron chi connectivity index (χ2n) is 9.85. The van der Waals surface area contributed by atoms with E-state index >= 15 is 0 Å². The number of carbonyl (C=O) groups excluding carboxylic acids is 2. The Labute approximate surface area is 244 Å². The fraction of sp³-hybridized carbons (Fsp3) is 0.226. The number of benzene rings is 2. The van der Waals surface area contributed by atoms with E-state index in [2.05, 4.69) is 15.6 Å². The Hall–Kier alpha value is -5.26. The maximum Gasteiger partial charge on any atom is 0.387 e. The van der Waals surface area contributed by atoms with Crippen molar-refractivity contribution in [2.45, 2.75) is 33.9 Å². The monoisotopic (exact) mass is 589 g/mol. The van der Waals surface area contributed by atoms with Crippen LogP contribution in [0.1, 0.15) is 39.2 Å². The van der Waals surface area contributed by atoms with Crippen LogP contribution in [0.25, 0.3) is 33.3 Å². The third-order valence-electron chi connectivity index (χ3n) is 7.03. The van der Waals surface area contributed by atoms with Crippen molar-refractivity contribution in [3.8, 4) is 28.1 Å². The molecule has 2 amide bonds. The van der Waals surface area contributed by atoms with Crippen LogP contribution in [0, 0.1) is 13.8 Å².